The first-order valence-electron chi connectivity index (χ1n) is 8.03. The van der Waals surface area contributed by atoms with Gasteiger partial charge < -0.3 is 14.2 Å². The van der Waals surface area contributed by atoms with Crippen molar-refractivity contribution in [1.29, 1.82) is 0 Å². The van der Waals surface area contributed by atoms with Gasteiger partial charge in [-0.2, -0.15) is 0 Å². The third-order valence-electron chi connectivity index (χ3n) is 4.46. The Balaban J connectivity index is 1.68. The second kappa shape index (κ2) is 6.96. The summed E-state index contributed by atoms with van der Waals surface area (Å²) in [4.78, 5) is 18.5. The zero-order valence-electron chi connectivity index (χ0n) is 13.7. The third-order valence-corrected chi connectivity index (χ3v) is 4.46. The molecule has 0 unspecified atom stereocenters. The highest BCUT2D eigenvalue weighted by Gasteiger charge is 2.29. The molecule has 1 aromatic heterocycles. The molecule has 122 valence electrons. The third kappa shape index (κ3) is 3.45. The SMILES string of the molecule is COCCN1C[C@@H](Cn2cnc(-c3ccccc3)c2C)CC1=O. The average molecular weight is 313 g/mol. The van der Waals surface area contributed by atoms with E-state index in [1.165, 1.54) is 0 Å². The van der Waals surface area contributed by atoms with Crippen molar-refractivity contribution in [3.8, 4) is 11.3 Å². The summed E-state index contributed by atoms with van der Waals surface area (Å²) in [6.07, 6.45) is 2.50. The molecule has 1 saturated heterocycles. The summed E-state index contributed by atoms with van der Waals surface area (Å²) in [5, 5.41) is 0. The van der Waals surface area contributed by atoms with Gasteiger partial charge >= 0.3 is 0 Å². The summed E-state index contributed by atoms with van der Waals surface area (Å²) in [6.45, 7) is 5.01. The number of carbonyl (C=O) groups is 1. The monoisotopic (exact) mass is 313 g/mol. The summed E-state index contributed by atoms with van der Waals surface area (Å²) in [5.74, 6) is 0.573. The van der Waals surface area contributed by atoms with Crippen molar-refractivity contribution in [2.24, 2.45) is 5.92 Å². The van der Waals surface area contributed by atoms with E-state index in [0.717, 1.165) is 30.0 Å². The van der Waals surface area contributed by atoms with Crippen molar-refractivity contribution in [2.45, 2.75) is 19.9 Å². The minimum atomic E-state index is 0.230. The molecule has 0 bridgehead atoms. The van der Waals surface area contributed by atoms with Gasteiger partial charge in [0.1, 0.15) is 0 Å². The Morgan fingerprint density at radius 2 is 2.09 bits per heavy atom. The van der Waals surface area contributed by atoms with Crippen LogP contribution in [0.25, 0.3) is 11.3 Å². The van der Waals surface area contributed by atoms with Crippen LogP contribution >= 0.6 is 0 Å². The maximum absolute atomic E-state index is 12.0. The molecule has 5 heteroatoms. The highest BCUT2D eigenvalue weighted by molar-refractivity contribution is 5.78. The van der Waals surface area contributed by atoms with Crippen molar-refractivity contribution in [1.82, 2.24) is 14.5 Å². The number of methoxy groups -OCH3 is 1. The lowest BCUT2D eigenvalue weighted by Crippen LogP contribution is -2.29. The van der Waals surface area contributed by atoms with Crippen LogP contribution in [0.5, 0.6) is 0 Å². The van der Waals surface area contributed by atoms with Gasteiger partial charge in [0.2, 0.25) is 5.91 Å². The van der Waals surface area contributed by atoms with E-state index in [-0.39, 0.29) is 5.91 Å². The minimum Gasteiger partial charge on any atom is -0.383 e. The zero-order valence-corrected chi connectivity index (χ0v) is 13.7. The maximum atomic E-state index is 12.0. The van der Waals surface area contributed by atoms with Gasteiger partial charge in [0.25, 0.3) is 0 Å². The Labute approximate surface area is 136 Å². The predicted molar refractivity (Wildman–Crippen MR) is 89.0 cm³/mol. The van der Waals surface area contributed by atoms with E-state index in [1.54, 1.807) is 7.11 Å². The number of aromatic nitrogens is 2. The summed E-state index contributed by atoms with van der Waals surface area (Å²) in [7, 11) is 1.66. The molecule has 1 aromatic carbocycles. The van der Waals surface area contributed by atoms with Gasteiger partial charge in [0.15, 0.2) is 0 Å². The van der Waals surface area contributed by atoms with E-state index in [0.29, 0.717) is 25.5 Å². The van der Waals surface area contributed by atoms with Gasteiger partial charge in [-0.3, -0.25) is 4.79 Å². The van der Waals surface area contributed by atoms with Crippen LogP contribution in [0.3, 0.4) is 0 Å². The largest absolute Gasteiger partial charge is 0.383 e. The van der Waals surface area contributed by atoms with Crippen LogP contribution in [0.15, 0.2) is 36.7 Å². The summed E-state index contributed by atoms with van der Waals surface area (Å²) in [6, 6.07) is 10.2. The molecule has 23 heavy (non-hydrogen) atoms. The van der Waals surface area contributed by atoms with E-state index >= 15 is 0 Å². The number of imidazole rings is 1. The normalized spacial score (nSPS) is 17.9. The number of nitrogens with zero attached hydrogens (tertiary/aromatic N) is 3. The molecule has 3 rings (SSSR count). The first-order valence-corrected chi connectivity index (χ1v) is 8.03. The number of likely N-dealkylation sites (tertiary alicyclic amines) is 1. The van der Waals surface area contributed by atoms with E-state index in [4.69, 9.17) is 4.74 Å². The number of carbonyl (C=O) groups excluding carboxylic acids is 1. The molecule has 1 aliphatic heterocycles. The molecule has 1 atom stereocenters. The minimum absolute atomic E-state index is 0.230. The van der Waals surface area contributed by atoms with Gasteiger partial charge in [0, 0.05) is 50.3 Å². The number of hydrogen-bond acceptors (Lipinski definition) is 3. The molecule has 2 aromatic rings. The topological polar surface area (TPSA) is 47.4 Å². The zero-order chi connectivity index (χ0) is 16.2. The number of rotatable bonds is 6. The highest BCUT2D eigenvalue weighted by Crippen LogP contribution is 2.24. The molecule has 1 fully saturated rings. The van der Waals surface area contributed by atoms with Crippen LogP contribution < -0.4 is 0 Å². The van der Waals surface area contributed by atoms with Crippen LogP contribution in [0.1, 0.15) is 12.1 Å². The standard InChI is InChI=1S/C18H23N3O2/c1-14-18(16-6-4-3-5-7-16)19-13-21(14)12-15-10-17(22)20(11-15)8-9-23-2/h3-7,13,15H,8-12H2,1-2H3/t15-/m0/s1. The Bertz CT molecular complexity index is 666. The predicted octanol–water partition coefficient (Wildman–Crippen LogP) is 2.35. The van der Waals surface area contributed by atoms with Gasteiger partial charge in [-0.1, -0.05) is 30.3 Å². The van der Waals surface area contributed by atoms with Crippen molar-refractivity contribution in [3.05, 3.63) is 42.4 Å². The molecule has 0 aliphatic carbocycles. The van der Waals surface area contributed by atoms with Crippen LogP contribution in [-0.4, -0.2) is 47.2 Å². The Morgan fingerprint density at radius 3 is 2.83 bits per heavy atom. The van der Waals surface area contributed by atoms with Crippen molar-refractivity contribution >= 4 is 5.91 Å². The number of benzene rings is 1. The average Bonchev–Trinajstić information content (AvgIpc) is 3.10. The molecule has 1 amide bonds. The van der Waals surface area contributed by atoms with Gasteiger partial charge in [-0.25, -0.2) is 4.98 Å². The maximum Gasteiger partial charge on any atom is 0.223 e. The number of hydrogen-bond donors (Lipinski definition) is 0. The molecule has 1 aliphatic rings. The fourth-order valence-corrected chi connectivity index (χ4v) is 3.18. The summed E-state index contributed by atoms with van der Waals surface area (Å²) < 4.78 is 7.23. The number of ether oxygens (including phenoxy) is 1. The van der Waals surface area contributed by atoms with Crippen molar-refractivity contribution < 1.29 is 9.53 Å². The smallest absolute Gasteiger partial charge is 0.223 e. The molecule has 0 N–H and O–H groups in total. The molecule has 0 spiro atoms. The first-order chi connectivity index (χ1) is 11.2. The van der Waals surface area contributed by atoms with E-state index in [2.05, 4.69) is 28.6 Å². The fraction of sp³-hybridized carbons (Fsp3) is 0.444. The molecule has 2 heterocycles. The van der Waals surface area contributed by atoms with Crippen LogP contribution in [-0.2, 0) is 16.1 Å². The highest BCUT2D eigenvalue weighted by atomic mass is 16.5. The fourth-order valence-electron chi connectivity index (χ4n) is 3.18. The summed E-state index contributed by atoms with van der Waals surface area (Å²) in [5.41, 5.74) is 3.30. The van der Waals surface area contributed by atoms with Crippen LogP contribution in [0, 0.1) is 12.8 Å². The second-order valence-electron chi connectivity index (χ2n) is 6.10. The van der Waals surface area contributed by atoms with Gasteiger partial charge in [-0.15, -0.1) is 0 Å². The van der Waals surface area contributed by atoms with Crippen molar-refractivity contribution in [3.63, 3.8) is 0 Å². The van der Waals surface area contributed by atoms with Crippen molar-refractivity contribution in [2.75, 3.05) is 26.8 Å². The molecule has 0 saturated carbocycles. The second-order valence-corrected chi connectivity index (χ2v) is 6.10. The molecule has 0 radical (unpaired) electrons. The van der Waals surface area contributed by atoms with Gasteiger partial charge in [-0.05, 0) is 6.92 Å². The lowest BCUT2D eigenvalue weighted by atomic mass is 10.1. The molecular formula is C18H23N3O2. The Kier molecular flexibility index (Phi) is 4.76. The van der Waals surface area contributed by atoms with E-state index in [1.807, 2.05) is 29.4 Å². The lowest BCUT2D eigenvalue weighted by molar-refractivity contribution is -0.128. The van der Waals surface area contributed by atoms with Gasteiger partial charge in [0.05, 0.1) is 18.6 Å². The lowest BCUT2D eigenvalue weighted by Gasteiger charge is -2.16. The van der Waals surface area contributed by atoms with Crippen LogP contribution in [0.2, 0.25) is 0 Å². The quantitative estimate of drug-likeness (QED) is 0.822. The Hall–Kier alpha value is -2.14. The number of amides is 1. The summed E-state index contributed by atoms with van der Waals surface area (Å²) >= 11 is 0. The first kappa shape index (κ1) is 15.7. The Morgan fingerprint density at radius 1 is 1.30 bits per heavy atom. The van der Waals surface area contributed by atoms with E-state index in [9.17, 15) is 4.79 Å². The molecular weight excluding hydrogens is 290 g/mol. The van der Waals surface area contributed by atoms with E-state index < -0.39 is 0 Å². The molecule has 5 nitrogen and oxygen atoms in total. The van der Waals surface area contributed by atoms with Crippen LogP contribution in [0.4, 0.5) is 0 Å².